The summed E-state index contributed by atoms with van der Waals surface area (Å²) in [5.74, 6) is -0.414. The zero-order valence-electron chi connectivity index (χ0n) is 15.5. The normalized spacial score (nSPS) is 23.2. The van der Waals surface area contributed by atoms with Gasteiger partial charge in [-0.1, -0.05) is 6.07 Å². The highest BCUT2D eigenvalue weighted by atomic mass is 19.4. The van der Waals surface area contributed by atoms with E-state index in [1.54, 1.807) is 4.90 Å². The molecule has 3 rings (SSSR count). The van der Waals surface area contributed by atoms with Crippen molar-refractivity contribution in [2.75, 3.05) is 26.2 Å². The summed E-state index contributed by atoms with van der Waals surface area (Å²) < 4.78 is 80.6. The van der Waals surface area contributed by atoms with Crippen molar-refractivity contribution < 1.29 is 35.9 Å². The lowest BCUT2D eigenvalue weighted by Gasteiger charge is -2.37. The number of aromatic nitrogens is 1. The maximum absolute atomic E-state index is 12.8. The minimum atomic E-state index is -4.56. The molecule has 3 heterocycles. The maximum Gasteiger partial charge on any atom is 0.433 e. The Labute approximate surface area is 163 Å². The maximum atomic E-state index is 12.8. The first-order chi connectivity index (χ1) is 13.5. The molecule has 0 saturated carbocycles. The summed E-state index contributed by atoms with van der Waals surface area (Å²) in [6.45, 7) is 1.83. The lowest BCUT2D eigenvalue weighted by molar-refractivity contribution is -0.142. The van der Waals surface area contributed by atoms with Crippen LogP contribution in [0.3, 0.4) is 0 Å². The van der Waals surface area contributed by atoms with Crippen LogP contribution >= 0.6 is 0 Å². The SMILES string of the molecule is O=C(CCCC(F)(F)F)N1CCN2C[C@H](Oc3cccc(C(F)(F)F)n3)C[C@H]2C1. The van der Waals surface area contributed by atoms with Crippen molar-refractivity contribution in [3.05, 3.63) is 23.9 Å². The van der Waals surface area contributed by atoms with E-state index in [0.717, 1.165) is 6.07 Å². The van der Waals surface area contributed by atoms with Gasteiger partial charge >= 0.3 is 12.4 Å². The minimum Gasteiger partial charge on any atom is -0.473 e. The third-order valence-electron chi connectivity index (χ3n) is 5.08. The van der Waals surface area contributed by atoms with Crippen LogP contribution in [0.1, 0.15) is 31.4 Å². The lowest BCUT2D eigenvalue weighted by Crippen LogP contribution is -2.52. The first kappa shape index (κ1) is 21.7. The summed E-state index contributed by atoms with van der Waals surface area (Å²) in [6.07, 6.45) is -10.1. The predicted molar refractivity (Wildman–Crippen MR) is 90.1 cm³/mol. The van der Waals surface area contributed by atoms with Crippen LogP contribution in [0.5, 0.6) is 5.88 Å². The molecule has 0 unspecified atom stereocenters. The summed E-state index contributed by atoms with van der Waals surface area (Å²) in [7, 11) is 0. The number of carbonyl (C=O) groups is 1. The number of fused-ring (bicyclic) bond motifs is 1. The highest BCUT2D eigenvalue weighted by Crippen LogP contribution is 2.30. The van der Waals surface area contributed by atoms with E-state index in [0.29, 0.717) is 32.6 Å². The molecule has 0 spiro atoms. The Morgan fingerprint density at radius 1 is 1.14 bits per heavy atom. The molecule has 2 aliphatic heterocycles. The second kappa shape index (κ2) is 8.37. The highest BCUT2D eigenvalue weighted by Gasteiger charge is 2.39. The molecule has 0 N–H and O–H groups in total. The Balaban J connectivity index is 1.51. The lowest BCUT2D eigenvalue weighted by atomic mass is 10.1. The molecule has 0 radical (unpaired) electrons. The summed E-state index contributed by atoms with van der Waals surface area (Å²) in [4.78, 5) is 19.3. The molecule has 162 valence electrons. The van der Waals surface area contributed by atoms with E-state index in [1.165, 1.54) is 12.1 Å². The van der Waals surface area contributed by atoms with Crippen molar-refractivity contribution in [2.24, 2.45) is 0 Å². The summed E-state index contributed by atoms with van der Waals surface area (Å²) in [5, 5.41) is 0. The second-order valence-corrected chi connectivity index (χ2v) is 7.29. The van der Waals surface area contributed by atoms with Gasteiger partial charge in [0.15, 0.2) is 0 Å². The van der Waals surface area contributed by atoms with E-state index in [4.69, 9.17) is 4.74 Å². The Kier molecular flexibility index (Phi) is 6.25. The van der Waals surface area contributed by atoms with E-state index in [-0.39, 0.29) is 36.8 Å². The van der Waals surface area contributed by atoms with Crippen LogP contribution in [0.4, 0.5) is 26.3 Å². The van der Waals surface area contributed by atoms with Gasteiger partial charge in [-0.05, 0) is 12.5 Å². The standard InChI is InChI=1S/C18H21F6N3O2/c19-17(20,21)6-2-5-16(28)27-8-7-26-11-13(9-12(26)10-27)29-15-4-1-3-14(25-15)18(22,23)24/h1,3-4,12-13H,2,5-11H2/t12-,13+/m0/s1. The van der Waals surface area contributed by atoms with Gasteiger partial charge in [-0.15, -0.1) is 0 Å². The fourth-order valence-corrected chi connectivity index (χ4v) is 3.72. The molecule has 2 fully saturated rings. The van der Waals surface area contributed by atoms with E-state index >= 15 is 0 Å². The molecule has 1 aromatic heterocycles. The van der Waals surface area contributed by atoms with Crippen LogP contribution < -0.4 is 4.74 Å². The second-order valence-electron chi connectivity index (χ2n) is 7.29. The molecule has 11 heteroatoms. The molecule has 2 atom stereocenters. The van der Waals surface area contributed by atoms with Crippen LogP contribution in [-0.4, -0.2) is 65.2 Å². The van der Waals surface area contributed by atoms with Gasteiger partial charge in [0.25, 0.3) is 0 Å². The molecule has 1 amide bonds. The number of halogens is 6. The van der Waals surface area contributed by atoms with Gasteiger partial charge in [0.05, 0.1) is 0 Å². The molecular weight excluding hydrogens is 404 g/mol. The largest absolute Gasteiger partial charge is 0.473 e. The average molecular weight is 425 g/mol. The molecule has 1 aromatic rings. The number of alkyl halides is 6. The zero-order chi connectivity index (χ0) is 21.2. The van der Waals surface area contributed by atoms with Gasteiger partial charge in [0.2, 0.25) is 11.8 Å². The van der Waals surface area contributed by atoms with Gasteiger partial charge < -0.3 is 9.64 Å². The van der Waals surface area contributed by atoms with Crippen LogP contribution in [-0.2, 0) is 11.0 Å². The molecule has 29 heavy (non-hydrogen) atoms. The Morgan fingerprint density at radius 2 is 1.90 bits per heavy atom. The van der Waals surface area contributed by atoms with Crippen LogP contribution in [0.15, 0.2) is 18.2 Å². The third kappa shape index (κ3) is 5.97. The van der Waals surface area contributed by atoms with Gasteiger partial charge in [-0.2, -0.15) is 26.3 Å². The quantitative estimate of drug-likeness (QED) is 0.678. The number of piperazine rings is 1. The number of hydrogen-bond donors (Lipinski definition) is 0. The molecule has 2 aliphatic rings. The number of carbonyl (C=O) groups excluding carboxylic acids is 1. The Hall–Kier alpha value is -2.04. The van der Waals surface area contributed by atoms with E-state index < -0.39 is 24.5 Å². The Bertz CT molecular complexity index is 724. The topological polar surface area (TPSA) is 45.7 Å². The van der Waals surface area contributed by atoms with Crippen molar-refractivity contribution in [3.8, 4) is 5.88 Å². The van der Waals surface area contributed by atoms with E-state index in [1.807, 2.05) is 0 Å². The number of amides is 1. The number of hydrogen-bond acceptors (Lipinski definition) is 4. The predicted octanol–water partition coefficient (Wildman–Crippen LogP) is 3.50. The van der Waals surface area contributed by atoms with Gasteiger partial charge in [-0.3, -0.25) is 9.69 Å². The molecule has 0 bridgehead atoms. The van der Waals surface area contributed by atoms with Crippen LogP contribution in [0.2, 0.25) is 0 Å². The smallest absolute Gasteiger partial charge is 0.433 e. The minimum absolute atomic E-state index is 0.0360. The Morgan fingerprint density at radius 3 is 2.59 bits per heavy atom. The van der Waals surface area contributed by atoms with Crippen molar-refractivity contribution in [2.45, 2.75) is 50.2 Å². The molecular formula is C18H21F6N3O2. The third-order valence-corrected chi connectivity index (χ3v) is 5.08. The fourth-order valence-electron chi connectivity index (χ4n) is 3.72. The molecule has 0 aliphatic carbocycles. The fraction of sp³-hybridized carbons (Fsp3) is 0.667. The van der Waals surface area contributed by atoms with Crippen molar-refractivity contribution in [1.82, 2.24) is 14.8 Å². The van der Waals surface area contributed by atoms with Crippen molar-refractivity contribution >= 4 is 5.91 Å². The highest BCUT2D eigenvalue weighted by molar-refractivity contribution is 5.76. The number of pyridine rings is 1. The molecule has 2 saturated heterocycles. The number of ether oxygens (including phenoxy) is 1. The van der Waals surface area contributed by atoms with Gasteiger partial charge in [0.1, 0.15) is 11.8 Å². The molecule has 5 nitrogen and oxygen atoms in total. The van der Waals surface area contributed by atoms with Crippen LogP contribution in [0, 0.1) is 0 Å². The van der Waals surface area contributed by atoms with E-state index in [2.05, 4.69) is 9.88 Å². The first-order valence-electron chi connectivity index (χ1n) is 9.31. The zero-order valence-corrected chi connectivity index (χ0v) is 15.5. The number of rotatable bonds is 5. The summed E-state index contributed by atoms with van der Waals surface area (Å²) in [6, 6.07) is 3.43. The summed E-state index contributed by atoms with van der Waals surface area (Å²) in [5.41, 5.74) is -1.03. The van der Waals surface area contributed by atoms with E-state index in [9.17, 15) is 31.1 Å². The van der Waals surface area contributed by atoms with Crippen molar-refractivity contribution in [3.63, 3.8) is 0 Å². The van der Waals surface area contributed by atoms with Crippen molar-refractivity contribution in [1.29, 1.82) is 0 Å². The van der Waals surface area contributed by atoms with Gasteiger partial charge in [0, 0.05) is 57.5 Å². The average Bonchev–Trinajstić information content (AvgIpc) is 3.01. The molecule has 0 aromatic carbocycles. The van der Waals surface area contributed by atoms with Gasteiger partial charge in [-0.25, -0.2) is 4.98 Å². The number of nitrogens with zero attached hydrogens (tertiary/aromatic N) is 3. The summed E-state index contributed by atoms with van der Waals surface area (Å²) >= 11 is 0. The first-order valence-corrected chi connectivity index (χ1v) is 9.31. The monoisotopic (exact) mass is 425 g/mol. The van der Waals surface area contributed by atoms with Crippen LogP contribution in [0.25, 0.3) is 0 Å².